The van der Waals surface area contributed by atoms with E-state index in [9.17, 15) is 9.59 Å². The van der Waals surface area contributed by atoms with E-state index in [1.54, 1.807) is 6.07 Å². The number of hydrogen-bond donors (Lipinski definition) is 2. The van der Waals surface area contributed by atoms with Crippen molar-refractivity contribution in [2.75, 3.05) is 5.32 Å². The molecule has 1 heterocycles. The molecular weight excluding hydrogens is 318 g/mol. The first-order chi connectivity index (χ1) is 11.0. The molecule has 2 rings (SSSR count). The molecule has 0 fully saturated rings. The molecule has 2 aromatic rings. The number of rotatable bonds is 5. The van der Waals surface area contributed by atoms with Gasteiger partial charge in [0.15, 0.2) is 0 Å². The van der Waals surface area contributed by atoms with Crippen LogP contribution >= 0.6 is 11.6 Å². The highest BCUT2D eigenvalue weighted by atomic mass is 35.5. The number of amides is 1. The van der Waals surface area contributed by atoms with E-state index in [2.05, 4.69) is 15.5 Å². The van der Waals surface area contributed by atoms with Gasteiger partial charge in [0.2, 0.25) is 0 Å². The van der Waals surface area contributed by atoms with Gasteiger partial charge in [0.05, 0.1) is 23.5 Å². The molecule has 0 atom stereocenters. The summed E-state index contributed by atoms with van der Waals surface area (Å²) in [6, 6.07) is 3.64. The summed E-state index contributed by atoms with van der Waals surface area (Å²) in [7, 11) is 0. The van der Waals surface area contributed by atoms with Crippen molar-refractivity contribution in [3.63, 3.8) is 0 Å². The van der Waals surface area contributed by atoms with Crippen molar-refractivity contribution in [2.24, 2.45) is 0 Å². The molecule has 0 aliphatic heterocycles. The molecular formula is C16H16ClN3O3. The molecule has 0 aliphatic carbocycles. The molecule has 120 valence electrons. The van der Waals surface area contributed by atoms with Crippen LogP contribution in [0.1, 0.15) is 45.7 Å². The van der Waals surface area contributed by atoms with Gasteiger partial charge in [-0.3, -0.25) is 4.79 Å². The van der Waals surface area contributed by atoms with E-state index in [0.717, 1.165) is 23.5 Å². The summed E-state index contributed by atoms with van der Waals surface area (Å²) >= 11 is 6.20. The van der Waals surface area contributed by atoms with Crippen LogP contribution in [0.4, 0.5) is 5.69 Å². The maximum absolute atomic E-state index is 12.5. The average Bonchev–Trinajstić information content (AvgIpc) is 2.55. The fourth-order valence-electron chi connectivity index (χ4n) is 2.32. The number of aryl methyl sites for hydroxylation is 1. The highest BCUT2D eigenvalue weighted by molar-refractivity contribution is 6.32. The summed E-state index contributed by atoms with van der Waals surface area (Å²) in [5.74, 6) is -1.79. The molecule has 7 heteroatoms. The summed E-state index contributed by atoms with van der Waals surface area (Å²) in [5, 5.41) is 19.6. The number of hydrogen-bond acceptors (Lipinski definition) is 4. The Balaban J connectivity index is 2.46. The smallest absolute Gasteiger partial charge is 0.338 e. The van der Waals surface area contributed by atoms with Crippen LogP contribution in [0.3, 0.4) is 0 Å². The number of carboxylic acids is 1. The van der Waals surface area contributed by atoms with Gasteiger partial charge < -0.3 is 10.4 Å². The number of aromatic carboxylic acids is 1. The van der Waals surface area contributed by atoms with Crippen LogP contribution in [-0.4, -0.2) is 27.2 Å². The van der Waals surface area contributed by atoms with Gasteiger partial charge in [0.25, 0.3) is 5.91 Å². The Labute approximate surface area is 138 Å². The van der Waals surface area contributed by atoms with Crippen LogP contribution in [0.15, 0.2) is 24.5 Å². The van der Waals surface area contributed by atoms with E-state index >= 15 is 0 Å². The predicted molar refractivity (Wildman–Crippen MR) is 87.2 cm³/mol. The Morgan fingerprint density at radius 3 is 2.35 bits per heavy atom. The molecule has 2 N–H and O–H groups in total. The molecule has 6 nitrogen and oxygen atoms in total. The van der Waals surface area contributed by atoms with Gasteiger partial charge in [-0.2, -0.15) is 10.2 Å². The molecule has 23 heavy (non-hydrogen) atoms. The number of benzene rings is 1. The van der Waals surface area contributed by atoms with E-state index < -0.39 is 11.9 Å². The van der Waals surface area contributed by atoms with Crippen molar-refractivity contribution in [1.29, 1.82) is 0 Å². The molecule has 0 saturated heterocycles. The third kappa shape index (κ3) is 3.48. The first-order valence-electron chi connectivity index (χ1n) is 7.15. The fraction of sp³-hybridized carbons (Fsp3) is 0.250. The van der Waals surface area contributed by atoms with E-state index in [1.165, 1.54) is 0 Å². The number of halogens is 1. The summed E-state index contributed by atoms with van der Waals surface area (Å²) in [6.45, 7) is 3.90. The zero-order valence-corrected chi connectivity index (χ0v) is 13.5. The van der Waals surface area contributed by atoms with Crippen molar-refractivity contribution in [3.8, 4) is 0 Å². The van der Waals surface area contributed by atoms with Gasteiger partial charge in [-0.1, -0.05) is 31.5 Å². The Bertz CT molecular complexity index is 762. The largest absolute Gasteiger partial charge is 0.478 e. The maximum atomic E-state index is 12.5. The van der Waals surface area contributed by atoms with Crippen molar-refractivity contribution >= 4 is 29.2 Å². The molecule has 1 amide bonds. The second-order valence-electron chi connectivity index (χ2n) is 4.84. The minimum absolute atomic E-state index is 0.0448. The molecule has 0 bridgehead atoms. The van der Waals surface area contributed by atoms with Gasteiger partial charge in [0.1, 0.15) is 0 Å². The van der Waals surface area contributed by atoms with Crippen LogP contribution in [0.2, 0.25) is 5.02 Å². The zero-order chi connectivity index (χ0) is 17.0. The molecule has 1 aromatic heterocycles. The van der Waals surface area contributed by atoms with E-state index in [0.29, 0.717) is 23.6 Å². The average molecular weight is 334 g/mol. The molecule has 0 radical (unpaired) electrons. The lowest BCUT2D eigenvalue weighted by atomic mass is 10.0. The molecule has 0 spiro atoms. The lowest BCUT2D eigenvalue weighted by Crippen LogP contribution is -2.19. The Hall–Kier alpha value is -2.47. The zero-order valence-electron chi connectivity index (χ0n) is 12.8. The topological polar surface area (TPSA) is 92.2 Å². The van der Waals surface area contributed by atoms with Gasteiger partial charge in [0, 0.05) is 10.7 Å². The molecule has 1 aromatic carbocycles. The Kier molecular flexibility index (Phi) is 5.28. The Morgan fingerprint density at radius 1 is 1.13 bits per heavy atom. The van der Waals surface area contributed by atoms with Crippen LogP contribution < -0.4 is 5.32 Å². The summed E-state index contributed by atoms with van der Waals surface area (Å²) in [4.78, 5) is 23.7. The quantitative estimate of drug-likeness (QED) is 0.876. The van der Waals surface area contributed by atoms with E-state index in [1.807, 2.05) is 19.9 Å². The first-order valence-corrected chi connectivity index (χ1v) is 7.52. The number of nitrogens with zero attached hydrogens (tertiary/aromatic N) is 2. The standard InChI is InChI=1S/C16H16ClN3O3/c1-3-9-5-6-13(17)10(4-2)14(9)20-15(21)11-7-18-19-8-12(11)16(22)23/h5-8H,3-4H2,1-2H3,(H,20,21)(H,22,23). The molecule has 0 aliphatic rings. The van der Waals surface area contributed by atoms with Gasteiger partial charge in [-0.25, -0.2) is 4.79 Å². The summed E-state index contributed by atoms with van der Waals surface area (Å²) in [5.41, 5.74) is 2.13. The summed E-state index contributed by atoms with van der Waals surface area (Å²) < 4.78 is 0. The van der Waals surface area contributed by atoms with Crippen molar-refractivity contribution in [3.05, 3.63) is 51.8 Å². The minimum atomic E-state index is -1.23. The third-order valence-electron chi connectivity index (χ3n) is 3.52. The lowest BCUT2D eigenvalue weighted by molar-refractivity contribution is 0.0691. The molecule has 0 unspecified atom stereocenters. The monoisotopic (exact) mass is 333 g/mol. The number of carbonyl (C=O) groups excluding carboxylic acids is 1. The Morgan fingerprint density at radius 2 is 1.78 bits per heavy atom. The van der Waals surface area contributed by atoms with Crippen LogP contribution in [0, 0.1) is 0 Å². The van der Waals surface area contributed by atoms with Crippen molar-refractivity contribution in [2.45, 2.75) is 26.7 Å². The normalized spacial score (nSPS) is 10.4. The van der Waals surface area contributed by atoms with Crippen LogP contribution in [0.5, 0.6) is 0 Å². The minimum Gasteiger partial charge on any atom is -0.478 e. The maximum Gasteiger partial charge on any atom is 0.338 e. The molecule has 0 saturated carbocycles. The lowest BCUT2D eigenvalue weighted by Gasteiger charge is -2.16. The second kappa shape index (κ2) is 7.19. The number of anilines is 1. The van der Waals surface area contributed by atoms with Crippen LogP contribution in [-0.2, 0) is 12.8 Å². The number of carbonyl (C=O) groups is 2. The van der Waals surface area contributed by atoms with Crippen LogP contribution in [0.25, 0.3) is 0 Å². The van der Waals surface area contributed by atoms with E-state index in [4.69, 9.17) is 16.7 Å². The number of carboxylic acid groups (broad SMARTS) is 1. The number of aromatic nitrogens is 2. The first kappa shape index (κ1) is 16.9. The van der Waals surface area contributed by atoms with Crippen molar-refractivity contribution in [1.82, 2.24) is 10.2 Å². The van der Waals surface area contributed by atoms with Crippen molar-refractivity contribution < 1.29 is 14.7 Å². The summed E-state index contributed by atoms with van der Waals surface area (Å²) in [6.07, 6.45) is 3.54. The second-order valence-corrected chi connectivity index (χ2v) is 5.25. The van der Waals surface area contributed by atoms with Gasteiger partial charge >= 0.3 is 5.97 Å². The van der Waals surface area contributed by atoms with Gasteiger partial charge in [-0.05, 0) is 30.0 Å². The SMILES string of the molecule is CCc1ccc(Cl)c(CC)c1NC(=O)c1cnncc1C(=O)O. The van der Waals surface area contributed by atoms with E-state index in [-0.39, 0.29) is 11.1 Å². The number of nitrogens with one attached hydrogen (secondary N) is 1. The highest BCUT2D eigenvalue weighted by Gasteiger charge is 2.20. The predicted octanol–water partition coefficient (Wildman–Crippen LogP) is 3.21. The highest BCUT2D eigenvalue weighted by Crippen LogP contribution is 2.30. The third-order valence-corrected chi connectivity index (χ3v) is 3.87. The fourth-order valence-corrected chi connectivity index (χ4v) is 2.61. The van der Waals surface area contributed by atoms with Gasteiger partial charge in [-0.15, -0.1) is 0 Å².